The second-order valence-electron chi connectivity index (χ2n) is 4.36. The van der Waals surface area contributed by atoms with E-state index in [2.05, 4.69) is 14.9 Å². The van der Waals surface area contributed by atoms with Crippen LogP contribution in [0.3, 0.4) is 0 Å². The van der Waals surface area contributed by atoms with Gasteiger partial charge in [0.2, 0.25) is 0 Å². The highest BCUT2D eigenvalue weighted by Gasteiger charge is 2.21. The molecule has 0 unspecified atom stereocenters. The standard InChI is InChI=1S/C11H15N3O3S2/c1-7(4-10-8(2)13-17-9(10)3)14-19(15,16)11-5-18-6-12-11/h5-7,14H,4H2,1-3H3/t7-/m0/s1. The number of nitrogens with one attached hydrogen (secondary N) is 1. The van der Waals surface area contributed by atoms with Gasteiger partial charge in [-0.3, -0.25) is 0 Å². The average molecular weight is 301 g/mol. The lowest BCUT2D eigenvalue weighted by atomic mass is 10.1. The fraction of sp³-hybridized carbons (Fsp3) is 0.455. The van der Waals surface area contributed by atoms with Crippen LogP contribution in [0.15, 0.2) is 20.4 Å². The fourth-order valence-electron chi connectivity index (χ4n) is 1.80. The highest BCUT2D eigenvalue weighted by Crippen LogP contribution is 2.16. The molecule has 2 heterocycles. The van der Waals surface area contributed by atoms with Crippen molar-refractivity contribution in [3.63, 3.8) is 0 Å². The van der Waals surface area contributed by atoms with E-state index in [9.17, 15) is 8.42 Å². The number of hydrogen-bond acceptors (Lipinski definition) is 6. The second-order valence-corrected chi connectivity index (χ2v) is 6.74. The number of rotatable bonds is 5. The Balaban J connectivity index is 2.08. The summed E-state index contributed by atoms with van der Waals surface area (Å²) in [5, 5.41) is 5.42. The van der Waals surface area contributed by atoms with Crippen LogP contribution in [0.4, 0.5) is 0 Å². The third-order valence-electron chi connectivity index (χ3n) is 2.73. The molecule has 0 aliphatic heterocycles. The lowest BCUT2D eigenvalue weighted by Gasteiger charge is -2.12. The van der Waals surface area contributed by atoms with E-state index >= 15 is 0 Å². The van der Waals surface area contributed by atoms with Crippen molar-refractivity contribution in [2.45, 2.75) is 38.3 Å². The van der Waals surface area contributed by atoms with Gasteiger partial charge >= 0.3 is 0 Å². The van der Waals surface area contributed by atoms with Crippen molar-refractivity contribution in [2.75, 3.05) is 0 Å². The van der Waals surface area contributed by atoms with Gasteiger partial charge in [-0.1, -0.05) is 5.16 Å². The molecule has 104 valence electrons. The van der Waals surface area contributed by atoms with E-state index in [0.717, 1.165) is 17.0 Å². The molecule has 8 heteroatoms. The average Bonchev–Trinajstić information content (AvgIpc) is 2.94. The fourth-order valence-corrected chi connectivity index (χ4v) is 3.88. The van der Waals surface area contributed by atoms with E-state index in [1.807, 2.05) is 13.8 Å². The van der Waals surface area contributed by atoms with Crippen LogP contribution in [-0.2, 0) is 16.4 Å². The van der Waals surface area contributed by atoms with Crippen molar-refractivity contribution in [3.8, 4) is 0 Å². The van der Waals surface area contributed by atoms with Gasteiger partial charge in [-0.2, -0.15) is 0 Å². The summed E-state index contributed by atoms with van der Waals surface area (Å²) >= 11 is 1.25. The Labute approximate surface area is 115 Å². The van der Waals surface area contributed by atoms with Crippen molar-refractivity contribution < 1.29 is 12.9 Å². The Morgan fingerprint density at radius 1 is 1.47 bits per heavy atom. The molecule has 2 aromatic heterocycles. The molecule has 2 aromatic rings. The zero-order chi connectivity index (χ0) is 14.0. The van der Waals surface area contributed by atoms with Crippen LogP contribution in [0.2, 0.25) is 0 Å². The smallest absolute Gasteiger partial charge is 0.259 e. The predicted octanol–water partition coefficient (Wildman–Crippen LogP) is 1.66. The minimum absolute atomic E-state index is 0.0584. The summed E-state index contributed by atoms with van der Waals surface area (Å²) in [5.41, 5.74) is 3.22. The van der Waals surface area contributed by atoms with Crippen LogP contribution in [0.25, 0.3) is 0 Å². The maximum absolute atomic E-state index is 12.0. The van der Waals surface area contributed by atoms with Crippen molar-refractivity contribution in [2.24, 2.45) is 0 Å². The molecule has 6 nitrogen and oxygen atoms in total. The highest BCUT2D eigenvalue weighted by molar-refractivity contribution is 7.89. The van der Waals surface area contributed by atoms with E-state index in [-0.39, 0.29) is 11.1 Å². The molecule has 0 saturated carbocycles. The number of aromatic nitrogens is 2. The zero-order valence-electron chi connectivity index (χ0n) is 10.9. The van der Waals surface area contributed by atoms with Crippen LogP contribution in [0, 0.1) is 13.8 Å². The highest BCUT2D eigenvalue weighted by atomic mass is 32.2. The third kappa shape index (κ3) is 3.20. The lowest BCUT2D eigenvalue weighted by molar-refractivity contribution is 0.392. The molecular weight excluding hydrogens is 286 g/mol. The van der Waals surface area contributed by atoms with Gasteiger partial charge in [0.25, 0.3) is 10.0 Å². The minimum Gasteiger partial charge on any atom is -0.361 e. The maximum Gasteiger partial charge on any atom is 0.259 e. The molecule has 0 fully saturated rings. The Bertz CT molecular complexity index is 627. The summed E-state index contributed by atoms with van der Waals surface area (Å²) < 4.78 is 31.7. The molecular formula is C11H15N3O3S2. The minimum atomic E-state index is -3.55. The Hall–Kier alpha value is -1.25. The van der Waals surface area contributed by atoms with Crippen LogP contribution in [0.5, 0.6) is 0 Å². The first kappa shape index (κ1) is 14.2. The molecule has 0 aliphatic rings. The first-order valence-corrected chi connectivity index (χ1v) is 8.15. The summed E-state index contributed by atoms with van der Waals surface area (Å²) in [7, 11) is -3.55. The molecule has 19 heavy (non-hydrogen) atoms. The molecule has 1 N–H and O–H groups in total. The number of aryl methyl sites for hydroxylation is 2. The first-order valence-electron chi connectivity index (χ1n) is 5.72. The monoisotopic (exact) mass is 301 g/mol. The molecule has 0 radical (unpaired) electrons. The molecule has 2 rings (SSSR count). The Morgan fingerprint density at radius 3 is 2.74 bits per heavy atom. The number of thiazole rings is 1. The molecule has 1 atom stereocenters. The van der Waals surface area contributed by atoms with E-state index < -0.39 is 10.0 Å². The van der Waals surface area contributed by atoms with Crippen molar-refractivity contribution in [1.82, 2.24) is 14.9 Å². The second kappa shape index (κ2) is 5.40. The normalized spacial score (nSPS) is 13.6. The maximum atomic E-state index is 12.0. The van der Waals surface area contributed by atoms with Gasteiger partial charge in [-0.05, 0) is 27.2 Å². The van der Waals surface area contributed by atoms with Gasteiger partial charge in [-0.15, -0.1) is 11.3 Å². The van der Waals surface area contributed by atoms with E-state index in [1.165, 1.54) is 22.2 Å². The van der Waals surface area contributed by atoms with Gasteiger partial charge in [0, 0.05) is 17.0 Å². The zero-order valence-corrected chi connectivity index (χ0v) is 12.5. The summed E-state index contributed by atoms with van der Waals surface area (Å²) in [6.07, 6.45) is 0.532. The van der Waals surface area contributed by atoms with Gasteiger partial charge in [-0.25, -0.2) is 18.1 Å². The number of sulfonamides is 1. The summed E-state index contributed by atoms with van der Waals surface area (Å²) in [6, 6.07) is -0.261. The van der Waals surface area contributed by atoms with E-state index in [4.69, 9.17) is 4.52 Å². The molecule has 0 bridgehead atoms. The van der Waals surface area contributed by atoms with Crippen LogP contribution < -0.4 is 4.72 Å². The summed E-state index contributed by atoms with van der Waals surface area (Å²) in [6.45, 7) is 5.46. The van der Waals surface area contributed by atoms with Crippen molar-refractivity contribution in [1.29, 1.82) is 0 Å². The molecule has 0 aliphatic carbocycles. The number of hydrogen-bond donors (Lipinski definition) is 1. The van der Waals surface area contributed by atoms with Crippen LogP contribution in [0.1, 0.15) is 23.9 Å². The Kier molecular flexibility index (Phi) is 4.02. The van der Waals surface area contributed by atoms with Gasteiger partial charge < -0.3 is 4.52 Å². The van der Waals surface area contributed by atoms with Gasteiger partial charge in [0.05, 0.1) is 11.2 Å². The van der Waals surface area contributed by atoms with E-state index in [1.54, 1.807) is 6.92 Å². The van der Waals surface area contributed by atoms with Gasteiger partial charge in [0.1, 0.15) is 5.76 Å². The Morgan fingerprint density at radius 2 is 2.21 bits per heavy atom. The summed E-state index contributed by atoms with van der Waals surface area (Å²) in [5.74, 6) is 0.720. The molecule has 0 amide bonds. The SMILES string of the molecule is Cc1noc(C)c1C[C@H](C)NS(=O)(=O)c1cscn1. The number of nitrogens with zero attached hydrogens (tertiary/aromatic N) is 2. The topological polar surface area (TPSA) is 85.1 Å². The molecule has 0 spiro atoms. The first-order chi connectivity index (χ1) is 8.90. The largest absolute Gasteiger partial charge is 0.361 e. The van der Waals surface area contributed by atoms with Crippen LogP contribution >= 0.6 is 11.3 Å². The quantitative estimate of drug-likeness (QED) is 0.907. The van der Waals surface area contributed by atoms with Crippen molar-refractivity contribution in [3.05, 3.63) is 27.9 Å². The molecule has 0 saturated heterocycles. The van der Waals surface area contributed by atoms with Crippen LogP contribution in [-0.4, -0.2) is 24.6 Å². The lowest BCUT2D eigenvalue weighted by Crippen LogP contribution is -2.34. The molecule has 0 aromatic carbocycles. The van der Waals surface area contributed by atoms with Crippen molar-refractivity contribution >= 4 is 21.4 Å². The summed E-state index contributed by atoms with van der Waals surface area (Å²) in [4.78, 5) is 3.81. The third-order valence-corrected chi connectivity index (χ3v) is 4.96. The predicted molar refractivity (Wildman–Crippen MR) is 71.6 cm³/mol. The van der Waals surface area contributed by atoms with E-state index in [0.29, 0.717) is 6.42 Å². The van der Waals surface area contributed by atoms with Gasteiger partial charge in [0.15, 0.2) is 5.03 Å².